The molecule has 0 N–H and O–H groups in total. The monoisotopic (exact) mass is 417 g/mol. The first-order chi connectivity index (χ1) is 15.2. The first-order valence-electron chi connectivity index (χ1n) is 10.5. The van der Waals surface area contributed by atoms with Crippen LogP contribution in [0.15, 0.2) is 83.9 Å². The van der Waals surface area contributed by atoms with E-state index in [2.05, 4.69) is 24.0 Å². The average molecular weight is 418 g/mol. The van der Waals surface area contributed by atoms with Crippen molar-refractivity contribution in [1.29, 1.82) is 0 Å². The zero-order valence-electron chi connectivity index (χ0n) is 17.8. The summed E-state index contributed by atoms with van der Waals surface area (Å²) in [5, 5.41) is 0. The number of hydrogen-bond acceptors (Lipinski definition) is 5. The normalized spacial score (nSPS) is 18.1. The van der Waals surface area contributed by atoms with Gasteiger partial charge in [-0.3, -0.25) is 4.99 Å². The molecular weight excluding hydrogens is 390 g/mol. The molecule has 1 heterocycles. The van der Waals surface area contributed by atoms with Crippen LogP contribution in [0.1, 0.15) is 25.5 Å². The fourth-order valence-electron chi connectivity index (χ4n) is 3.31. The Kier molecular flexibility index (Phi) is 6.85. The fourth-order valence-corrected chi connectivity index (χ4v) is 3.31. The lowest BCUT2D eigenvalue weighted by Crippen LogP contribution is -2.20. The van der Waals surface area contributed by atoms with Crippen molar-refractivity contribution >= 4 is 6.21 Å². The van der Waals surface area contributed by atoms with Crippen LogP contribution in [-0.4, -0.2) is 25.7 Å². The van der Waals surface area contributed by atoms with Gasteiger partial charge >= 0.3 is 0 Å². The molecule has 0 aromatic heterocycles. The molecule has 0 bridgehead atoms. The van der Waals surface area contributed by atoms with Crippen LogP contribution >= 0.6 is 0 Å². The molecule has 3 aromatic carbocycles. The summed E-state index contributed by atoms with van der Waals surface area (Å²) in [6.07, 6.45) is 1.62. The van der Waals surface area contributed by atoms with Gasteiger partial charge in [-0.15, -0.1) is 0 Å². The van der Waals surface area contributed by atoms with Crippen LogP contribution in [-0.2, 0) is 4.74 Å². The number of benzene rings is 3. The van der Waals surface area contributed by atoms with Crippen molar-refractivity contribution in [3.8, 4) is 23.0 Å². The van der Waals surface area contributed by atoms with E-state index in [1.165, 1.54) is 5.56 Å². The van der Waals surface area contributed by atoms with Crippen LogP contribution in [0.5, 0.6) is 23.0 Å². The summed E-state index contributed by atoms with van der Waals surface area (Å²) >= 11 is 0. The van der Waals surface area contributed by atoms with Crippen LogP contribution in [0.2, 0.25) is 0 Å². The summed E-state index contributed by atoms with van der Waals surface area (Å²) in [6, 6.07) is 25.5. The molecule has 0 spiro atoms. The van der Waals surface area contributed by atoms with Crippen molar-refractivity contribution in [2.75, 3.05) is 13.2 Å². The van der Waals surface area contributed by atoms with Crippen molar-refractivity contribution in [3.63, 3.8) is 0 Å². The Morgan fingerprint density at radius 3 is 2.06 bits per heavy atom. The summed E-state index contributed by atoms with van der Waals surface area (Å²) in [6.45, 7) is 4.91. The largest absolute Gasteiger partial charge is 0.491 e. The minimum absolute atomic E-state index is 0.277. The topological polar surface area (TPSA) is 49.3 Å². The first kappa shape index (κ1) is 20.9. The number of hydrogen-bond donors (Lipinski definition) is 0. The van der Waals surface area contributed by atoms with Gasteiger partial charge in [-0.25, -0.2) is 0 Å². The van der Waals surface area contributed by atoms with Crippen molar-refractivity contribution in [2.24, 2.45) is 10.9 Å². The molecule has 0 saturated carbocycles. The van der Waals surface area contributed by atoms with E-state index in [-0.39, 0.29) is 12.3 Å². The Bertz CT molecular complexity index is 971. The molecule has 0 radical (unpaired) electrons. The molecule has 3 aromatic rings. The lowest BCUT2D eigenvalue weighted by Gasteiger charge is -2.25. The van der Waals surface area contributed by atoms with Gasteiger partial charge in [-0.1, -0.05) is 37.3 Å². The summed E-state index contributed by atoms with van der Waals surface area (Å²) in [7, 11) is 0. The number of ether oxygens (including phenoxy) is 4. The van der Waals surface area contributed by atoms with Gasteiger partial charge in [0, 0.05) is 12.1 Å². The van der Waals surface area contributed by atoms with E-state index < -0.39 is 0 Å². The maximum Gasteiger partial charge on any atom is 0.197 e. The molecule has 5 heteroatoms. The smallest absolute Gasteiger partial charge is 0.197 e. The predicted octanol–water partition coefficient (Wildman–Crippen LogP) is 6.06. The predicted molar refractivity (Wildman–Crippen MR) is 121 cm³/mol. The molecule has 0 aliphatic carbocycles. The van der Waals surface area contributed by atoms with Gasteiger partial charge in [0.25, 0.3) is 0 Å². The van der Waals surface area contributed by atoms with Gasteiger partial charge < -0.3 is 18.9 Å². The molecule has 0 saturated heterocycles. The van der Waals surface area contributed by atoms with E-state index in [1.54, 1.807) is 0 Å². The third kappa shape index (κ3) is 5.86. The van der Waals surface area contributed by atoms with Crippen LogP contribution in [0.25, 0.3) is 0 Å². The summed E-state index contributed by atoms with van der Waals surface area (Å²) in [5.41, 5.74) is 1.21. The lowest BCUT2D eigenvalue weighted by molar-refractivity contribution is -0.0739. The van der Waals surface area contributed by atoms with E-state index in [1.807, 2.05) is 79.9 Å². The zero-order chi connectivity index (χ0) is 21.5. The zero-order valence-corrected chi connectivity index (χ0v) is 17.8. The SMILES string of the molecule is CC(OCCOc1ccc(Oc2ccccc2)cc1)Oc1ccc(C2N=CC2C)cc1. The molecular formula is C26H27NO4. The van der Waals surface area contributed by atoms with Gasteiger partial charge in [-0.2, -0.15) is 0 Å². The highest BCUT2D eigenvalue weighted by Crippen LogP contribution is 2.32. The first-order valence-corrected chi connectivity index (χ1v) is 10.5. The second-order valence-electron chi connectivity index (χ2n) is 7.46. The number of rotatable bonds is 10. The Labute approximate surface area is 183 Å². The highest BCUT2D eigenvalue weighted by Gasteiger charge is 2.23. The van der Waals surface area contributed by atoms with Crippen LogP contribution < -0.4 is 14.2 Å². The fraction of sp³-hybridized carbons (Fsp3) is 0.269. The van der Waals surface area contributed by atoms with E-state index in [4.69, 9.17) is 18.9 Å². The quantitative estimate of drug-likeness (QED) is 0.297. The highest BCUT2D eigenvalue weighted by molar-refractivity contribution is 5.68. The van der Waals surface area contributed by atoms with E-state index >= 15 is 0 Å². The average Bonchev–Trinajstić information content (AvgIpc) is 2.79. The third-order valence-electron chi connectivity index (χ3n) is 5.01. The molecule has 1 aliphatic rings. The third-order valence-corrected chi connectivity index (χ3v) is 5.01. The Morgan fingerprint density at radius 1 is 0.774 bits per heavy atom. The molecule has 4 rings (SSSR count). The van der Waals surface area contributed by atoms with Crippen molar-refractivity contribution in [2.45, 2.75) is 26.2 Å². The highest BCUT2D eigenvalue weighted by atomic mass is 16.7. The van der Waals surface area contributed by atoms with Gasteiger partial charge in [0.15, 0.2) is 6.29 Å². The standard InChI is InChI=1S/C26H27NO4/c1-19-18-27-26(19)21-8-10-24(11-9-21)30-20(2)28-16-17-29-22-12-14-25(15-13-22)31-23-6-4-3-5-7-23/h3-15,18-20,26H,16-17H2,1-2H3. The summed E-state index contributed by atoms with van der Waals surface area (Å²) in [5.74, 6) is 3.62. The second kappa shape index (κ2) is 10.1. The van der Waals surface area contributed by atoms with Crippen molar-refractivity contribution < 1.29 is 18.9 Å². The van der Waals surface area contributed by atoms with Gasteiger partial charge in [0.05, 0.1) is 12.6 Å². The maximum absolute atomic E-state index is 5.82. The Hall–Kier alpha value is -3.31. The second-order valence-corrected chi connectivity index (χ2v) is 7.46. The van der Waals surface area contributed by atoms with Crippen molar-refractivity contribution in [1.82, 2.24) is 0 Å². The van der Waals surface area contributed by atoms with Crippen LogP contribution in [0.3, 0.4) is 0 Å². The van der Waals surface area contributed by atoms with Gasteiger partial charge in [-0.05, 0) is 61.0 Å². The molecule has 0 amide bonds. The molecule has 1 aliphatic heterocycles. The number of para-hydroxylation sites is 1. The van der Waals surface area contributed by atoms with E-state index in [0.717, 1.165) is 23.0 Å². The van der Waals surface area contributed by atoms with Gasteiger partial charge in [0.1, 0.15) is 29.6 Å². The minimum atomic E-state index is -0.364. The van der Waals surface area contributed by atoms with Crippen LogP contribution in [0.4, 0.5) is 0 Å². The van der Waals surface area contributed by atoms with E-state index in [0.29, 0.717) is 19.1 Å². The molecule has 160 valence electrons. The molecule has 0 fully saturated rings. The molecule has 3 unspecified atom stereocenters. The maximum atomic E-state index is 5.82. The number of aliphatic imine (C=N–C) groups is 1. The van der Waals surface area contributed by atoms with Crippen LogP contribution in [0, 0.1) is 5.92 Å². The summed E-state index contributed by atoms with van der Waals surface area (Å²) < 4.78 is 23.0. The van der Waals surface area contributed by atoms with Crippen molar-refractivity contribution in [3.05, 3.63) is 84.4 Å². The van der Waals surface area contributed by atoms with E-state index in [9.17, 15) is 0 Å². The molecule has 31 heavy (non-hydrogen) atoms. The minimum Gasteiger partial charge on any atom is -0.491 e. The summed E-state index contributed by atoms with van der Waals surface area (Å²) in [4.78, 5) is 4.40. The Morgan fingerprint density at radius 2 is 1.42 bits per heavy atom. The lowest BCUT2D eigenvalue weighted by atomic mass is 9.91. The number of nitrogens with zero attached hydrogens (tertiary/aromatic N) is 1. The molecule has 5 nitrogen and oxygen atoms in total. The Balaban J connectivity index is 1.15. The van der Waals surface area contributed by atoms with Gasteiger partial charge in [0.2, 0.25) is 0 Å². The molecule has 3 atom stereocenters.